The summed E-state index contributed by atoms with van der Waals surface area (Å²) in [6.07, 6.45) is -3.41. The van der Waals surface area contributed by atoms with Crippen LogP contribution in [0.1, 0.15) is 25.3 Å². The molecule has 0 amide bonds. The van der Waals surface area contributed by atoms with Crippen LogP contribution in [0.4, 0.5) is 24.5 Å². The van der Waals surface area contributed by atoms with Gasteiger partial charge in [0.2, 0.25) is 5.88 Å². The number of nitrogens with two attached hydrogens (primary N) is 2. The number of aromatic nitrogens is 1. The molecule has 3 rings (SSSR count). The third kappa shape index (κ3) is 4.05. The van der Waals surface area contributed by atoms with Crippen LogP contribution in [0.3, 0.4) is 0 Å². The molecule has 0 aliphatic carbocycles. The number of piperidine rings is 1. The maximum absolute atomic E-state index is 13.5. The summed E-state index contributed by atoms with van der Waals surface area (Å²) in [6, 6.07) is -0.853. The Morgan fingerprint density at radius 1 is 1.48 bits per heavy atom. The summed E-state index contributed by atoms with van der Waals surface area (Å²) in [6.45, 7) is 1.95. The lowest BCUT2D eigenvalue weighted by Crippen LogP contribution is -2.50. The standard InChI is InChI=1S/C17H23F3N4O3/c1-2-12(21)16(25)27-10-5-9(17(18,19)20)7-24(8-10)14-11-3-4-26-15(11)23-6-13(14)22/h6,9-10,12H,2-5,7-8,21-22H2,1H3/t9-,10+,12?/m1/s1. The fourth-order valence-electron chi connectivity index (χ4n) is 3.49. The number of halogens is 3. The predicted molar refractivity (Wildman–Crippen MR) is 92.4 cm³/mol. The van der Waals surface area contributed by atoms with Crippen LogP contribution in [0.15, 0.2) is 6.20 Å². The van der Waals surface area contributed by atoms with E-state index in [0.29, 0.717) is 36.6 Å². The summed E-state index contributed by atoms with van der Waals surface area (Å²) < 4.78 is 51.1. The second-order valence-electron chi connectivity index (χ2n) is 6.90. The van der Waals surface area contributed by atoms with Crippen molar-refractivity contribution in [3.63, 3.8) is 0 Å². The van der Waals surface area contributed by atoms with E-state index in [4.69, 9.17) is 20.9 Å². The van der Waals surface area contributed by atoms with Crippen LogP contribution in [0, 0.1) is 5.92 Å². The highest BCUT2D eigenvalue weighted by molar-refractivity contribution is 5.76. The maximum atomic E-state index is 13.5. The molecule has 27 heavy (non-hydrogen) atoms. The number of hydrogen-bond donors (Lipinski definition) is 2. The second kappa shape index (κ2) is 7.41. The number of carbonyl (C=O) groups excluding carboxylic acids is 1. The minimum absolute atomic E-state index is 0.107. The molecule has 0 radical (unpaired) electrons. The molecule has 1 saturated heterocycles. The summed E-state index contributed by atoms with van der Waals surface area (Å²) in [4.78, 5) is 17.6. The van der Waals surface area contributed by atoms with Crippen LogP contribution in [0.25, 0.3) is 0 Å². The molecule has 1 aromatic rings. The Bertz CT molecular complexity index is 713. The first-order chi connectivity index (χ1) is 12.7. The molecule has 0 bridgehead atoms. The highest BCUT2D eigenvalue weighted by Crippen LogP contribution is 2.41. The monoisotopic (exact) mass is 388 g/mol. The number of esters is 1. The normalized spacial score (nSPS) is 23.5. The summed E-state index contributed by atoms with van der Waals surface area (Å²) >= 11 is 0. The molecule has 2 aliphatic rings. The van der Waals surface area contributed by atoms with Crippen molar-refractivity contribution in [2.45, 2.75) is 44.5 Å². The van der Waals surface area contributed by atoms with E-state index in [-0.39, 0.29) is 25.2 Å². The zero-order valence-corrected chi connectivity index (χ0v) is 15.0. The molecule has 1 fully saturated rings. The quantitative estimate of drug-likeness (QED) is 0.756. The fourth-order valence-corrected chi connectivity index (χ4v) is 3.49. The molecule has 7 nitrogen and oxygen atoms in total. The van der Waals surface area contributed by atoms with E-state index in [1.54, 1.807) is 6.92 Å². The first kappa shape index (κ1) is 19.5. The van der Waals surface area contributed by atoms with Gasteiger partial charge in [-0.1, -0.05) is 6.92 Å². The molecule has 1 aromatic heterocycles. The van der Waals surface area contributed by atoms with Crippen molar-refractivity contribution in [1.82, 2.24) is 4.98 Å². The summed E-state index contributed by atoms with van der Waals surface area (Å²) in [5, 5.41) is 0. The van der Waals surface area contributed by atoms with Crippen molar-refractivity contribution >= 4 is 17.3 Å². The van der Waals surface area contributed by atoms with Crippen molar-refractivity contribution in [3.8, 4) is 5.88 Å². The predicted octanol–water partition coefficient (Wildman–Crippen LogP) is 1.64. The largest absolute Gasteiger partial charge is 0.477 e. The molecule has 3 atom stereocenters. The van der Waals surface area contributed by atoms with Crippen LogP contribution in [0.2, 0.25) is 0 Å². The first-order valence-electron chi connectivity index (χ1n) is 8.88. The van der Waals surface area contributed by atoms with E-state index in [0.717, 1.165) is 0 Å². The van der Waals surface area contributed by atoms with Gasteiger partial charge in [0.25, 0.3) is 0 Å². The highest BCUT2D eigenvalue weighted by atomic mass is 19.4. The number of fused-ring (bicyclic) bond motifs is 1. The number of anilines is 2. The number of ether oxygens (including phenoxy) is 2. The third-order valence-electron chi connectivity index (χ3n) is 4.95. The number of carbonyl (C=O) groups is 1. The highest BCUT2D eigenvalue weighted by Gasteiger charge is 2.46. The van der Waals surface area contributed by atoms with Crippen molar-refractivity contribution in [2.75, 3.05) is 30.3 Å². The number of pyridine rings is 1. The van der Waals surface area contributed by atoms with Crippen LogP contribution in [-0.2, 0) is 16.0 Å². The second-order valence-corrected chi connectivity index (χ2v) is 6.90. The van der Waals surface area contributed by atoms with Gasteiger partial charge in [-0.2, -0.15) is 13.2 Å². The van der Waals surface area contributed by atoms with Crippen molar-refractivity contribution in [2.24, 2.45) is 11.7 Å². The van der Waals surface area contributed by atoms with E-state index in [2.05, 4.69) is 4.98 Å². The van der Waals surface area contributed by atoms with Crippen LogP contribution >= 0.6 is 0 Å². The van der Waals surface area contributed by atoms with Gasteiger partial charge in [0.05, 0.1) is 36.6 Å². The zero-order valence-electron chi connectivity index (χ0n) is 15.0. The van der Waals surface area contributed by atoms with Gasteiger partial charge in [-0.3, -0.25) is 4.79 Å². The van der Waals surface area contributed by atoms with Crippen LogP contribution in [0.5, 0.6) is 5.88 Å². The Balaban J connectivity index is 1.89. The number of hydrogen-bond acceptors (Lipinski definition) is 7. The molecular weight excluding hydrogens is 365 g/mol. The minimum atomic E-state index is -4.42. The number of nitrogens with zero attached hydrogens (tertiary/aromatic N) is 2. The molecule has 10 heteroatoms. The molecule has 0 aromatic carbocycles. The Hall–Kier alpha value is -2.23. The average molecular weight is 388 g/mol. The molecule has 0 saturated carbocycles. The zero-order chi connectivity index (χ0) is 19.8. The van der Waals surface area contributed by atoms with Gasteiger partial charge in [0.1, 0.15) is 12.1 Å². The molecular formula is C17H23F3N4O3. The van der Waals surface area contributed by atoms with Crippen molar-refractivity contribution < 1.29 is 27.4 Å². The molecule has 1 unspecified atom stereocenters. The van der Waals surface area contributed by atoms with Crippen molar-refractivity contribution in [1.29, 1.82) is 0 Å². The Morgan fingerprint density at radius 3 is 2.89 bits per heavy atom. The average Bonchev–Trinajstić information content (AvgIpc) is 3.08. The van der Waals surface area contributed by atoms with E-state index >= 15 is 0 Å². The molecule has 2 aliphatic heterocycles. The Morgan fingerprint density at radius 2 is 2.22 bits per heavy atom. The SMILES string of the molecule is CCC(N)C(=O)O[C@H]1C[C@@H](C(F)(F)F)CN(c2c(N)cnc3c2CCO3)C1. The molecule has 4 N–H and O–H groups in total. The van der Waals surface area contributed by atoms with Crippen LogP contribution in [-0.4, -0.2) is 49.0 Å². The summed E-state index contributed by atoms with van der Waals surface area (Å²) in [5.74, 6) is -1.95. The molecule has 3 heterocycles. The third-order valence-corrected chi connectivity index (χ3v) is 4.95. The summed E-state index contributed by atoms with van der Waals surface area (Å²) in [7, 11) is 0. The molecule has 0 spiro atoms. The van der Waals surface area contributed by atoms with E-state index < -0.39 is 30.2 Å². The van der Waals surface area contributed by atoms with E-state index in [1.165, 1.54) is 11.1 Å². The Kier molecular flexibility index (Phi) is 5.36. The molecule has 150 valence electrons. The first-order valence-corrected chi connectivity index (χ1v) is 8.88. The smallest absolute Gasteiger partial charge is 0.393 e. The maximum Gasteiger partial charge on any atom is 0.393 e. The van der Waals surface area contributed by atoms with Gasteiger partial charge >= 0.3 is 12.1 Å². The number of nitrogen functional groups attached to an aromatic ring is 1. The van der Waals surface area contributed by atoms with Gasteiger partial charge < -0.3 is 25.8 Å². The topological polar surface area (TPSA) is 104 Å². The fraction of sp³-hybridized carbons (Fsp3) is 0.647. The van der Waals surface area contributed by atoms with Gasteiger partial charge in [0, 0.05) is 18.5 Å². The van der Waals surface area contributed by atoms with Crippen molar-refractivity contribution in [3.05, 3.63) is 11.8 Å². The van der Waals surface area contributed by atoms with Gasteiger partial charge in [-0.05, 0) is 12.8 Å². The number of rotatable bonds is 4. The van der Waals surface area contributed by atoms with E-state index in [9.17, 15) is 18.0 Å². The number of alkyl halides is 3. The lowest BCUT2D eigenvalue weighted by Gasteiger charge is -2.40. The lowest BCUT2D eigenvalue weighted by atomic mass is 9.94. The Labute approximate surface area is 154 Å². The van der Waals surface area contributed by atoms with Gasteiger partial charge in [-0.15, -0.1) is 0 Å². The summed E-state index contributed by atoms with van der Waals surface area (Å²) in [5.41, 5.74) is 13.1. The van der Waals surface area contributed by atoms with Gasteiger partial charge in [0.15, 0.2) is 0 Å². The minimum Gasteiger partial charge on any atom is -0.477 e. The van der Waals surface area contributed by atoms with Gasteiger partial charge in [-0.25, -0.2) is 4.98 Å². The van der Waals surface area contributed by atoms with Crippen LogP contribution < -0.4 is 21.1 Å². The lowest BCUT2D eigenvalue weighted by molar-refractivity contribution is -0.188. The van der Waals surface area contributed by atoms with E-state index in [1.807, 2.05) is 0 Å².